The molecule has 3 aliphatic rings. The second-order valence-corrected chi connectivity index (χ2v) is 9.23. The number of piperidine rings is 1. The molecule has 3 fully saturated rings. The summed E-state index contributed by atoms with van der Waals surface area (Å²) < 4.78 is 5.49. The van der Waals surface area contributed by atoms with Crippen LogP contribution in [0.25, 0.3) is 0 Å². The molecule has 0 radical (unpaired) electrons. The fourth-order valence-corrected chi connectivity index (χ4v) is 4.07. The second-order valence-electron chi connectivity index (χ2n) is 9.23. The van der Waals surface area contributed by atoms with Crippen LogP contribution in [0.3, 0.4) is 0 Å². The van der Waals surface area contributed by atoms with Crippen LogP contribution >= 0.6 is 0 Å². The van der Waals surface area contributed by atoms with E-state index in [0.29, 0.717) is 37.4 Å². The summed E-state index contributed by atoms with van der Waals surface area (Å²) in [6.45, 7) is 8.13. The molecular weight excluding hydrogens is 370 g/mol. The van der Waals surface area contributed by atoms with Crippen LogP contribution in [0, 0.1) is 11.3 Å². The SMILES string of the molecule is CC1(C)CC(=O)N(c2ccc(OC(=O)N3CCN(CC4CC4)CC3)cc2)C(=O)C1. The Labute approximate surface area is 171 Å². The van der Waals surface area contributed by atoms with Crippen molar-refractivity contribution in [2.24, 2.45) is 11.3 Å². The van der Waals surface area contributed by atoms with Gasteiger partial charge in [-0.3, -0.25) is 19.4 Å². The zero-order valence-electron chi connectivity index (χ0n) is 17.2. The molecule has 29 heavy (non-hydrogen) atoms. The van der Waals surface area contributed by atoms with Gasteiger partial charge in [0, 0.05) is 45.6 Å². The number of amides is 3. The summed E-state index contributed by atoms with van der Waals surface area (Å²) in [5.41, 5.74) is 0.215. The fraction of sp³-hybridized carbons (Fsp3) is 0.591. The summed E-state index contributed by atoms with van der Waals surface area (Å²) in [4.78, 5) is 42.6. The number of nitrogens with zero attached hydrogens (tertiary/aromatic N) is 3. The van der Waals surface area contributed by atoms with Crippen LogP contribution in [-0.2, 0) is 9.59 Å². The Morgan fingerprint density at radius 3 is 2.14 bits per heavy atom. The van der Waals surface area contributed by atoms with Gasteiger partial charge in [0.2, 0.25) is 11.8 Å². The molecule has 1 saturated carbocycles. The highest BCUT2D eigenvalue weighted by molar-refractivity contribution is 6.16. The van der Waals surface area contributed by atoms with Gasteiger partial charge >= 0.3 is 6.09 Å². The van der Waals surface area contributed by atoms with Crippen molar-refractivity contribution in [3.8, 4) is 5.75 Å². The normalized spacial score (nSPS) is 22.7. The van der Waals surface area contributed by atoms with Gasteiger partial charge in [-0.15, -0.1) is 0 Å². The van der Waals surface area contributed by atoms with Gasteiger partial charge in [0.1, 0.15) is 5.75 Å². The minimum Gasteiger partial charge on any atom is -0.410 e. The van der Waals surface area contributed by atoms with Crippen LogP contribution < -0.4 is 9.64 Å². The van der Waals surface area contributed by atoms with Gasteiger partial charge in [-0.05, 0) is 48.4 Å². The Bertz CT molecular complexity index is 773. The quantitative estimate of drug-likeness (QED) is 0.728. The first-order valence-electron chi connectivity index (χ1n) is 10.5. The van der Waals surface area contributed by atoms with Gasteiger partial charge in [-0.25, -0.2) is 4.79 Å². The maximum Gasteiger partial charge on any atom is 0.415 e. The van der Waals surface area contributed by atoms with Crippen molar-refractivity contribution in [3.63, 3.8) is 0 Å². The number of hydrogen-bond acceptors (Lipinski definition) is 5. The predicted molar refractivity (Wildman–Crippen MR) is 109 cm³/mol. The highest BCUT2D eigenvalue weighted by Crippen LogP contribution is 2.34. The number of ether oxygens (including phenoxy) is 1. The van der Waals surface area contributed by atoms with Crippen molar-refractivity contribution in [1.29, 1.82) is 0 Å². The monoisotopic (exact) mass is 399 g/mol. The molecule has 0 N–H and O–H groups in total. The molecule has 0 atom stereocenters. The molecule has 0 aromatic heterocycles. The zero-order valence-corrected chi connectivity index (χ0v) is 17.2. The number of anilines is 1. The highest BCUT2D eigenvalue weighted by atomic mass is 16.6. The number of hydrogen-bond donors (Lipinski definition) is 0. The van der Waals surface area contributed by atoms with Gasteiger partial charge in [0.25, 0.3) is 0 Å². The van der Waals surface area contributed by atoms with Crippen molar-refractivity contribution in [2.75, 3.05) is 37.6 Å². The molecule has 7 nitrogen and oxygen atoms in total. The van der Waals surface area contributed by atoms with E-state index in [0.717, 1.165) is 25.6 Å². The first-order valence-corrected chi connectivity index (χ1v) is 10.5. The van der Waals surface area contributed by atoms with Crippen molar-refractivity contribution in [2.45, 2.75) is 39.5 Å². The zero-order chi connectivity index (χ0) is 20.6. The van der Waals surface area contributed by atoms with Crippen LogP contribution in [0.5, 0.6) is 5.75 Å². The van der Waals surface area contributed by atoms with Crippen molar-refractivity contribution < 1.29 is 19.1 Å². The summed E-state index contributed by atoms with van der Waals surface area (Å²) in [6, 6.07) is 6.59. The third-order valence-corrected chi connectivity index (χ3v) is 5.90. The molecule has 156 valence electrons. The average molecular weight is 399 g/mol. The van der Waals surface area contributed by atoms with Gasteiger partial charge in [0.05, 0.1) is 5.69 Å². The van der Waals surface area contributed by atoms with Crippen LogP contribution in [-0.4, -0.2) is 60.4 Å². The smallest absolute Gasteiger partial charge is 0.410 e. The molecule has 1 aromatic carbocycles. The molecule has 7 heteroatoms. The van der Waals surface area contributed by atoms with Crippen molar-refractivity contribution in [3.05, 3.63) is 24.3 Å². The van der Waals surface area contributed by atoms with Crippen LogP contribution in [0.4, 0.5) is 10.5 Å². The molecule has 1 aliphatic carbocycles. The maximum atomic E-state index is 12.4. The predicted octanol–water partition coefficient (Wildman–Crippen LogP) is 2.89. The third-order valence-electron chi connectivity index (χ3n) is 5.90. The minimum atomic E-state index is -0.351. The summed E-state index contributed by atoms with van der Waals surface area (Å²) in [7, 11) is 0. The van der Waals surface area contributed by atoms with E-state index in [-0.39, 0.29) is 23.3 Å². The molecule has 3 amide bonds. The van der Waals surface area contributed by atoms with Gasteiger partial charge in [-0.2, -0.15) is 0 Å². The molecule has 2 heterocycles. The van der Waals surface area contributed by atoms with E-state index in [1.165, 1.54) is 17.7 Å². The van der Waals surface area contributed by atoms with E-state index in [1.54, 1.807) is 29.2 Å². The minimum absolute atomic E-state index is 0.194. The standard InChI is InChI=1S/C22H29N3O4/c1-22(2)13-19(26)25(20(27)14-22)17-5-7-18(8-6-17)29-21(28)24-11-9-23(10-12-24)15-16-3-4-16/h5-8,16H,3-4,9-15H2,1-2H3. The largest absolute Gasteiger partial charge is 0.415 e. The lowest BCUT2D eigenvalue weighted by Crippen LogP contribution is -2.49. The number of carbonyl (C=O) groups is 3. The molecule has 0 unspecified atom stereocenters. The van der Waals surface area contributed by atoms with Crippen molar-refractivity contribution >= 4 is 23.6 Å². The fourth-order valence-electron chi connectivity index (χ4n) is 4.07. The molecule has 4 rings (SSSR count). The Morgan fingerprint density at radius 2 is 1.59 bits per heavy atom. The van der Waals surface area contributed by atoms with Crippen molar-refractivity contribution in [1.82, 2.24) is 9.80 Å². The Kier molecular flexibility index (Phi) is 5.34. The second kappa shape index (κ2) is 7.78. The molecule has 0 bridgehead atoms. The number of imide groups is 1. The first-order chi connectivity index (χ1) is 13.8. The Hall–Kier alpha value is -2.41. The van der Waals surface area contributed by atoms with E-state index in [2.05, 4.69) is 4.90 Å². The van der Waals surface area contributed by atoms with Gasteiger partial charge in [0.15, 0.2) is 0 Å². The molecule has 0 spiro atoms. The third kappa shape index (κ3) is 4.78. The van der Waals surface area contributed by atoms with E-state index >= 15 is 0 Å². The maximum absolute atomic E-state index is 12.4. The summed E-state index contributed by atoms with van der Waals surface area (Å²) >= 11 is 0. The van der Waals surface area contributed by atoms with E-state index < -0.39 is 0 Å². The molecule has 1 aromatic rings. The lowest BCUT2D eigenvalue weighted by atomic mass is 9.81. The van der Waals surface area contributed by atoms with Crippen LogP contribution in [0.1, 0.15) is 39.5 Å². The average Bonchev–Trinajstić information content (AvgIpc) is 3.46. The lowest BCUT2D eigenvalue weighted by molar-refractivity contribution is -0.132. The highest BCUT2D eigenvalue weighted by Gasteiger charge is 2.38. The molecule has 2 aliphatic heterocycles. The lowest BCUT2D eigenvalue weighted by Gasteiger charge is -2.34. The van der Waals surface area contributed by atoms with Crippen LogP contribution in [0.15, 0.2) is 24.3 Å². The number of piperazine rings is 1. The molecular formula is C22H29N3O4. The summed E-state index contributed by atoms with van der Waals surface area (Å²) in [5.74, 6) is 0.883. The van der Waals surface area contributed by atoms with E-state index in [9.17, 15) is 14.4 Å². The van der Waals surface area contributed by atoms with E-state index in [1.807, 2.05) is 13.8 Å². The number of benzene rings is 1. The summed E-state index contributed by atoms with van der Waals surface area (Å²) in [5, 5.41) is 0. The Morgan fingerprint density at radius 1 is 1.00 bits per heavy atom. The molecule has 2 saturated heterocycles. The van der Waals surface area contributed by atoms with Gasteiger partial charge in [-0.1, -0.05) is 13.8 Å². The topological polar surface area (TPSA) is 70.2 Å². The number of rotatable bonds is 4. The van der Waals surface area contributed by atoms with Gasteiger partial charge < -0.3 is 9.64 Å². The van der Waals surface area contributed by atoms with Crippen LogP contribution in [0.2, 0.25) is 0 Å². The Balaban J connectivity index is 1.32. The first kappa shape index (κ1) is 19.9. The van der Waals surface area contributed by atoms with E-state index in [4.69, 9.17) is 4.74 Å². The number of carbonyl (C=O) groups excluding carboxylic acids is 3. The summed E-state index contributed by atoms with van der Waals surface area (Å²) in [6.07, 6.45) is 3.00.